The molecule has 18 heavy (non-hydrogen) atoms. The summed E-state index contributed by atoms with van der Waals surface area (Å²) in [4.78, 5) is -0.0666. The summed E-state index contributed by atoms with van der Waals surface area (Å²) < 4.78 is 29.6. The Morgan fingerprint density at radius 3 is 1.89 bits per heavy atom. The Morgan fingerprint density at radius 2 is 1.56 bits per heavy atom. The van der Waals surface area contributed by atoms with Crippen LogP contribution in [0.5, 0.6) is 0 Å². The lowest BCUT2D eigenvalue weighted by Gasteiger charge is -1.95. The minimum absolute atomic E-state index is 0.0666. The molecule has 0 spiro atoms. The van der Waals surface area contributed by atoms with Gasteiger partial charge in [0.1, 0.15) is 0 Å². The van der Waals surface area contributed by atoms with Gasteiger partial charge < -0.3 is 16.8 Å². The van der Waals surface area contributed by atoms with Crippen LogP contribution in [0.2, 0.25) is 0 Å². The van der Waals surface area contributed by atoms with Crippen molar-refractivity contribution in [1.82, 2.24) is 5.32 Å². The largest absolute Gasteiger partial charge is 0.329 e. The molecule has 0 fully saturated rings. The summed E-state index contributed by atoms with van der Waals surface area (Å²) in [7, 11) is -4.02. The van der Waals surface area contributed by atoms with Crippen molar-refractivity contribution in [1.29, 1.82) is 0 Å². The number of nitrogens with one attached hydrogen (secondary N) is 1. The predicted octanol–water partition coefficient (Wildman–Crippen LogP) is -0.265. The molecule has 0 heterocycles. The monoisotopic (exact) mass is 275 g/mol. The molecular formula is C11H21N3O3S. The number of aryl methyl sites for hydroxylation is 1. The Bertz CT molecular complexity index is 414. The van der Waals surface area contributed by atoms with E-state index in [0.717, 1.165) is 18.7 Å². The summed E-state index contributed by atoms with van der Waals surface area (Å²) in [6, 6.07) is 5.99. The molecule has 0 amide bonds. The van der Waals surface area contributed by atoms with Gasteiger partial charge in [-0.2, -0.15) is 8.42 Å². The van der Waals surface area contributed by atoms with Crippen LogP contribution in [0.15, 0.2) is 29.2 Å². The molecule has 6 N–H and O–H groups in total. The van der Waals surface area contributed by atoms with E-state index in [9.17, 15) is 8.42 Å². The van der Waals surface area contributed by atoms with Crippen LogP contribution in [0.3, 0.4) is 0 Å². The molecule has 7 heteroatoms. The maximum Gasteiger partial charge on any atom is 0.294 e. The van der Waals surface area contributed by atoms with Crippen molar-refractivity contribution in [2.24, 2.45) is 11.5 Å². The van der Waals surface area contributed by atoms with Crippen molar-refractivity contribution in [3.05, 3.63) is 29.8 Å². The van der Waals surface area contributed by atoms with Crippen LogP contribution in [0.1, 0.15) is 5.56 Å². The van der Waals surface area contributed by atoms with Gasteiger partial charge in [0.25, 0.3) is 10.1 Å². The van der Waals surface area contributed by atoms with Crippen LogP contribution in [0.25, 0.3) is 0 Å². The zero-order chi connectivity index (χ0) is 14.0. The smallest absolute Gasteiger partial charge is 0.294 e. The average molecular weight is 275 g/mol. The highest BCUT2D eigenvalue weighted by Crippen LogP contribution is 2.08. The topological polar surface area (TPSA) is 118 Å². The Labute approximate surface area is 108 Å². The minimum atomic E-state index is -4.02. The summed E-state index contributed by atoms with van der Waals surface area (Å²) in [5.74, 6) is 0. The number of nitrogens with two attached hydrogens (primary N) is 2. The second-order valence-electron chi connectivity index (χ2n) is 3.62. The molecule has 0 radical (unpaired) electrons. The first kappa shape index (κ1) is 17.0. The van der Waals surface area contributed by atoms with Crippen molar-refractivity contribution in [2.75, 3.05) is 26.2 Å². The molecule has 0 bridgehead atoms. The summed E-state index contributed by atoms with van der Waals surface area (Å²) in [5.41, 5.74) is 11.3. The van der Waals surface area contributed by atoms with Gasteiger partial charge in [0, 0.05) is 26.2 Å². The highest BCUT2D eigenvalue weighted by molar-refractivity contribution is 7.85. The normalized spacial score (nSPS) is 10.7. The second-order valence-corrected chi connectivity index (χ2v) is 5.04. The van der Waals surface area contributed by atoms with Gasteiger partial charge in [0.15, 0.2) is 0 Å². The van der Waals surface area contributed by atoms with Gasteiger partial charge >= 0.3 is 0 Å². The fraction of sp³-hybridized carbons (Fsp3) is 0.455. The molecule has 0 unspecified atom stereocenters. The molecular weight excluding hydrogens is 254 g/mol. The third kappa shape index (κ3) is 8.15. The van der Waals surface area contributed by atoms with Crippen molar-refractivity contribution >= 4 is 10.1 Å². The molecule has 6 nitrogen and oxygen atoms in total. The zero-order valence-electron chi connectivity index (χ0n) is 10.5. The second kappa shape index (κ2) is 9.01. The quantitative estimate of drug-likeness (QED) is 0.434. The summed E-state index contributed by atoms with van der Waals surface area (Å²) >= 11 is 0. The van der Waals surface area contributed by atoms with Crippen LogP contribution in [-0.4, -0.2) is 39.1 Å². The molecule has 1 aromatic carbocycles. The summed E-state index contributed by atoms with van der Waals surface area (Å²) in [6.07, 6.45) is 0. The highest BCUT2D eigenvalue weighted by atomic mass is 32.2. The lowest BCUT2D eigenvalue weighted by molar-refractivity contribution is 0.483. The SMILES string of the molecule is Cc1ccc(S(=O)(=O)O)cc1.NCCNCCN. The lowest BCUT2D eigenvalue weighted by Crippen LogP contribution is -2.27. The van der Waals surface area contributed by atoms with E-state index in [0.29, 0.717) is 13.1 Å². The Morgan fingerprint density at radius 1 is 1.11 bits per heavy atom. The van der Waals surface area contributed by atoms with Gasteiger partial charge in [-0.05, 0) is 19.1 Å². The summed E-state index contributed by atoms with van der Waals surface area (Å²) in [5, 5.41) is 3.03. The van der Waals surface area contributed by atoms with Crippen molar-refractivity contribution in [3.63, 3.8) is 0 Å². The standard InChI is InChI=1S/C7H8O3S.C4H13N3/c1-6-2-4-7(5-3-6)11(8,9)10;5-1-3-7-4-2-6/h2-5H,1H3,(H,8,9,10);7H,1-6H2. The Hall–Kier alpha value is -0.990. The van der Waals surface area contributed by atoms with Gasteiger partial charge in [-0.1, -0.05) is 17.7 Å². The van der Waals surface area contributed by atoms with Gasteiger partial charge in [-0.25, -0.2) is 0 Å². The van der Waals surface area contributed by atoms with Crippen LogP contribution in [-0.2, 0) is 10.1 Å². The lowest BCUT2D eigenvalue weighted by atomic mass is 10.2. The molecule has 1 rings (SSSR count). The molecule has 0 aliphatic carbocycles. The molecule has 0 aromatic heterocycles. The third-order valence-corrected chi connectivity index (χ3v) is 2.83. The molecule has 0 saturated heterocycles. The zero-order valence-corrected chi connectivity index (χ0v) is 11.3. The van der Waals surface area contributed by atoms with E-state index in [4.69, 9.17) is 16.0 Å². The number of hydrogen-bond donors (Lipinski definition) is 4. The van der Waals surface area contributed by atoms with E-state index in [1.807, 2.05) is 6.92 Å². The van der Waals surface area contributed by atoms with Crippen LogP contribution < -0.4 is 16.8 Å². The van der Waals surface area contributed by atoms with E-state index in [1.165, 1.54) is 12.1 Å². The first-order valence-electron chi connectivity index (χ1n) is 5.57. The van der Waals surface area contributed by atoms with E-state index >= 15 is 0 Å². The van der Waals surface area contributed by atoms with Crippen molar-refractivity contribution < 1.29 is 13.0 Å². The molecule has 1 aromatic rings. The molecule has 0 atom stereocenters. The van der Waals surface area contributed by atoms with Gasteiger partial charge in [0.2, 0.25) is 0 Å². The Kier molecular flexibility index (Phi) is 8.51. The van der Waals surface area contributed by atoms with E-state index in [-0.39, 0.29) is 4.90 Å². The first-order valence-corrected chi connectivity index (χ1v) is 7.01. The predicted molar refractivity (Wildman–Crippen MR) is 72.0 cm³/mol. The number of hydrogen-bond acceptors (Lipinski definition) is 5. The third-order valence-electron chi connectivity index (χ3n) is 1.96. The van der Waals surface area contributed by atoms with E-state index < -0.39 is 10.1 Å². The summed E-state index contributed by atoms with van der Waals surface area (Å²) in [6.45, 7) is 4.97. The maximum absolute atomic E-state index is 10.5. The number of benzene rings is 1. The van der Waals surface area contributed by atoms with E-state index in [2.05, 4.69) is 5.32 Å². The Balaban J connectivity index is 0.000000360. The molecule has 0 saturated carbocycles. The average Bonchev–Trinajstić information content (AvgIpc) is 2.30. The van der Waals surface area contributed by atoms with Crippen LogP contribution in [0.4, 0.5) is 0 Å². The fourth-order valence-electron chi connectivity index (χ4n) is 1.04. The maximum atomic E-state index is 10.5. The first-order chi connectivity index (χ1) is 8.41. The van der Waals surface area contributed by atoms with Gasteiger partial charge in [-0.3, -0.25) is 4.55 Å². The van der Waals surface area contributed by atoms with Crippen molar-refractivity contribution in [2.45, 2.75) is 11.8 Å². The molecule has 0 aliphatic heterocycles. The highest BCUT2D eigenvalue weighted by Gasteiger charge is 2.06. The van der Waals surface area contributed by atoms with Crippen molar-refractivity contribution in [3.8, 4) is 0 Å². The van der Waals surface area contributed by atoms with Crippen LogP contribution in [0, 0.1) is 6.92 Å². The van der Waals surface area contributed by atoms with Gasteiger partial charge in [-0.15, -0.1) is 0 Å². The van der Waals surface area contributed by atoms with Gasteiger partial charge in [0.05, 0.1) is 4.90 Å². The van der Waals surface area contributed by atoms with E-state index in [1.54, 1.807) is 12.1 Å². The van der Waals surface area contributed by atoms with Crippen LogP contribution >= 0.6 is 0 Å². The molecule has 104 valence electrons. The number of rotatable bonds is 5. The minimum Gasteiger partial charge on any atom is -0.329 e. The fourth-order valence-corrected chi connectivity index (χ4v) is 1.52. The molecule has 0 aliphatic rings.